The summed E-state index contributed by atoms with van der Waals surface area (Å²) in [4.78, 5) is 0. The molecule has 0 amide bonds. The first-order valence-corrected chi connectivity index (χ1v) is 5.22. The van der Waals surface area contributed by atoms with Crippen molar-refractivity contribution in [3.8, 4) is 5.75 Å². The fraction of sp³-hybridized carbons (Fsp3) is 0.333. The summed E-state index contributed by atoms with van der Waals surface area (Å²) in [6, 6.07) is 5.08. The highest BCUT2D eigenvalue weighted by Gasteiger charge is 2.18. The summed E-state index contributed by atoms with van der Waals surface area (Å²) in [5.74, 6) is 0.435. The number of hydrogen-bond acceptors (Lipinski definition) is 4. The second-order valence-electron chi connectivity index (χ2n) is 2.87. The molecular weight excluding hydrogens is 263 g/mol. The van der Waals surface area contributed by atoms with Crippen molar-refractivity contribution in [3.63, 3.8) is 0 Å². The van der Waals surface area contributed by atoms with Crippen molar-refractivity contribution in [1.29, 1.82) is 0 Å². The lowest BCUT2D eigenvalue weighted by molar-refractivity contribution is 0.146. The Morgan fingerprint density at radius 1 is 1.33 bits per heavy atom. The molecule has 0 aliphatic rings. The van der Waals surface area contributed by atoms with Gasteiger partial charge in [-0.05, 0) is 22.0 Å². The fourth-order valence-corrected chi connectivity index (χ4v) is 1.60. The molecule has 6 heteroatoms. The van der Waals surface area contributed by atoms with Crippen molar-refractivity contribution in [3.05, 3.63) is 22.7 Å². The zero-order valence-electron chi connectivity index (χ0n) is 8.31. The van der Waals surface area contributed by atoms with Crippen LogP contribution in [0.3, 0.4) is 0 Å². The van der Waals surface area contributed by atoms with Gasteiger partial charge >= 0.3 is 7.12 Å². The lowest BCUT2D eigenvalue weighted by Gasteiger charge is -2.12. The van der Waals surface area contributed by atoms with E-state index >= 15 is 0 Å². The van der Waals surface area contributed by atoms with Crippen LogP contribution >= 0.6 is 15.9 Å². The molecule has 0 aromatic heterocycles. The summed E-state index contributed by atoms with van der Waals surface area (Å²) in [6.07, 6.45) is 0. The van der Waals surface area contributed by atoms with E-state index in [1.165, 1.54) is 0 Å². The maximum atomic E-state index is 9.11. The standard InChI is InChI=1S/C9H12BBrO4/c1-14-5-6-15-9-7(10(12)13)3-2-4-8(9)11/h2-4,12-13H,5-6H2,1H3. The molecule has 0 radical (unpaired) electrons. The van der Waals surface area contributed by atoms with Crippen molar-refractivity contribution >= 4 is 28.5 Å². The Morgan fingerprint density at radius 2 is 2.07 bits per heavy atom. The van der Waals surface area contributed by atoms with Crippen LogP contribution in [0, 0.1) is 0 Å². The minimum atomic E-state index is -1.54. The van der Waals surface area contributed by atoms with Crippen LogP contribution in [0.4, 0.5) is 0 Å². The molecule has 82 valence electrons. The fourth-order valence-electron chi connectivity index (χ4n) is 1.11. The van der Waals surface area contributed by atoms with E-state index in [0.29, 0.717) is 28.9 Å². The second kappa shape index (κ2) is 6.12. The molecule has 15 heavy (non-hydrogen) atoms. The van der Waals surface area contributed by atoms with Crippen LogP contribution in [-0.2, 0) is 4.74 Å². The van der Waals surface area contributed by atoms with Gasteiger partial charge in [0, 0.05) is 12.6 Å². The van der Waals surface area contributed by atoms with E-state index in [2.05, 4.69) is 15.9 Å². The molecule has 0 spiro atoms. The van der Waals surface area contributed by atoms with E-state index in [9.17, 15) is 0 Å². The summed E-state index contributed by atoms with van der Waals surface area (Å²) in [5, 5.41) is 18.2. The summed E-state index contributed by atoms with van der Waals surface area (Å²) >= 11 is 3.28. The number of methoxy groups -OCH3 is 1. The highest BCUT2D eigenvalue weighted by Crippen LogP contribution is 2.22. The van der Waals surface area contributed by atoms with E-state index in [1.54, 1.807) is 25.3 Å². The van der Waals surface area contributed by atoms with Crippen molar-refractivity contribution in [2.24, 2.45) is 0 Å². The molecule has 0 aliphatic carbocycles. The van der Waals surface area contributed by atoms with Crippen molar-refractivity contribution in [2.75, 3.05) is 20.3 Å². The number of ether oxygens (including phenoxy) is 2. The molecule has 0 aliphatic heterocycles. The van der Waals surface area contributed by atoms with E-state index in [0.717, 1.165) is 0 Å². The maximum Gasteiger partial charge on any atom is 0.492 e. The lowest BCUT2D eigenvalue weighted by atomic mass is 9.79. The first-order chi connectivity index (χ1) is 7.16. The third-order valence-corrected chi connectivity index (χ3v) is 2.43. The highest BCUT2D eigenvalue weighted by atomic mass is 79.9. The minimum Gasteiger partial charge on any atom is -0.490 e. The van der Waals surface area contributed by atoms with Crippen molar-refractivity contribution in [1.82, 2.24) is 0 Å². The molecule has 0 unspecified atom stereocenters. The summed E-state index contributed by atoms with van der Waals surface area (Å²) in [7, 11) is 0.0330. The summed E-state index contributed by atoms with van der Waals surface area (Å²) in [6.45, 7) is 0.807. The monoisotopic (exact) mass is 274 g/mol. The summed E-state index contributed by atoms with van der Waals surface area (Å²) < 4.78 is 10.9. The Kier molecular flexibility index (Phi) is 5.11. The molecular formula is C9H12BBrO4. The molecule has 0 bridgehead atoms. The van der Waals surface area contributed by atoms with Gasteiger partial charge in [0.1, 0.15) is 12.4 Å². The van der Waals surface area contributed by atoms with Crippen LogP contribution < -0.4 is 10.2 Å². The predicted octanol–water partition coefficient (Wildman–Crippen LogP) is 0.154. The normalized spacial score (nSPS) is 10.1. The van der Waals surface area contributed by atoms with Crippen LogP contribution in [0.15, 0.2) is 22.7 Å². The Labute approximate surface area is 97.1 Å². The molecule has 0 saturated heterocycles. The van der Waals surface area contributed by atoms with Gasteiger partial charge in [0.25, 0.3) is 0 Å². The van der Waals surface area contributed by atoms with Crippen LogP contribution in [0.25, 0.3) is 0 Å². The Balaban J connectivity index is 2.82. The van der Waals surface area contributed by atoms with Gasteiger partial charge in [-0.15, -0.1) is 0 Å². The first kappa shape index (κ1) is 12.5. The van der Waals surface area contributed by atoms with Crippen LogP contribution in [0.5, 0.6) is 5.75 Å². The van der Waals surface area contributed by atoms with Gasteiger partial charge in [0.15, 0.2) is 0 Å². The third kappa shape index (κ3) is 3.50. The van der Waals surface area contributed by atoms with E-state index in [-0.39, 0.29) is 0 Å². The van der Waals surface area contributed by atoms with E-state index in [4.69, 9.17) is 19.5 Å². The molecule has 2 N–H and O–H groups in total. The first-order valence-electron chi connectivity index (χ1n) is 4.43. The quantitative estimate of drug-likeness (QED) is 0.593. The van der Waals surface area contributed by atoms with Crippen molar-refractivity contribution < 1.29 is 19.5 Å². The van der Waals surface area contributed by atoms with Crippen LogP contribution in [0.1, 0.15) is 0 Å². The Hall–Kier alpha value is -0.555. The van der Waals surface area contributed by atoms with Crippen LogP contribution in [-0.4, -0.2) is 37.5 Å². The van der Waals surface area contributed by atoms with Gasteiger partial charge in [-0.25, -0.2) is 0 Å². The van der Waals surface area contributed by atoms with Gasteiger partial charge in [-0.2, -0.15) is 0 Å². The maximum absolute atomic E-state index is 9.11. The topological polar surface area (TPSA) is 58.9 Å². The third-order valence-electron chi connectivity index (χ3n) is 1.81. The molecule has 1 rings (SSSR count). The Morgan fingerprint density at radius 3 is 2.67 bits per heavy atom. The van der Waals surface area contributed by atoms with Gasteiger partial charge in [-0.1, -0.05) is 12.1 Å². The molecule has 0 fully saturated rings. The number of benzene rings is 1. The molecule has 1 aromatic rings. The zero-order chi connectivity index (χ0) is 11.3. The lowest BCUT2D eigenvalue weighted by Crippen LogP contribution is -2.32. The highest BCUT2D eigenvalue weighted by molar-refractivity contribution is 9.10. The van der Waals surface area contributed by atoms with E-state index in [1.807, 2.05) is 0 Å². The van der Waals surface area contributed by atoms with Crippen LogP contribution in [0.2, 0.25) is 0 Å². The number of para-hydroxylation sites is 1. The average molecular weight is 275 g/mol. The molecule has 0 atom stereocenters. The largest absolute Gasteiger partial charge is 0.492 e. The SMILES string of the molecule is COCCOc1c(Br)cccc1B(O)O. The second-order valence-corrected chi connectivity index (χ2v) is 3.73. The number of hydrogen-bond donors (Lipinski definition) is 2. The van der Waals surface area contributed by atoms with Gasteiger partial charge in [0.05, 0.1) is 11.1 Å². The predicted molar refractivity (Wildman–Crippen MR) is 61.3 cm³/mol. The summed E-state index contributed by atoms with van der Waals surface area (Å²) in [5.41, 5.74) is 0.334. The number of rotatable bonds is 5. The zero-order valence-corrected chi connectivity index (χ0v) is 9.90. The molecule has 0 saturated carbocycles. The van der Waals surface area contributed by atoms with Gasteiger partial charge in [-0.3, -0.25) is 0 Å². The van der Waals surface area contributed by atoms with Gasteiger partial charge in [0.2, 0.25) is 0 Å². The molecule has 0 heterocycles. The van der Waals surface area contributed by atoms with E-state index < -0.39 is 7.12 Å². The van der Waals surface area contributed by atoms with Crippen molar-refractivity contribution in [2.45, 2.75) is 0 Å². The number of halogens is 1. The minimum absolute atomic E-state index is 0.334. The average Bonchev–Trinajstić information content (AvgIpc) is 2.20. The molecule has 4 nitrogen and oxygen atoms in total. The van der Waals surface area contributed by atoms with Gasteiger partial charge < -0.3 is 19.5 Å². The smallest absolute Gasteiger partial charge is 0.490 e. The molecule has 1 aromatic carbocycles. The Bertz CT molecular complexity index is 319.